The van der Waals surface area contributed by atoms with E-state index >= 15 is 0 Å². The highest BCUT2D eigenvalue weighted by atomic mass is 16.2. The number of hydrogen-bond donors (Lipinski definition) is 0. The Labute approximate surface area is 89.2 Å². The first-order valence-electron chi connectivity index (χ1n) is 4.66. The van der Waals surface area contributed by atoms with Crippen molar-refractivity contribution in [3.8, 4) is 0 Å². The third-order valence-electron chi connectivity index (χ3n) is 2.27. The van der Waals surface area contributed by atoms with Crippen molar-refractivity contribution in [3.05, 3.63) is 0 Å². The predicted molar refractivity (Wildman–Crippen MR) is 56.5 cm³/mol. The van der Waals surface area contributed by atoms with Crippen LogP contribution in [0.25, 0.3) is 0 Å². The number of nitrogens with zero attached hydrogens (tertiary/aromatic N) is 4. The van der Waals surface area contributed by atoms with Crippen LogP contribution in [0.15, 0.2) is 4.99 Å². The number of urea groups is 1. The number of aliphatic imine (C=N–C) groups is 1. The number of likely N-dealkylation sites (N-methyl/N-ethyl adjacent to an activating group) is 1. The lowest BCUT2D eigenvalue weighted by molar-refractivity contribution is -0.128. The van der Waals surface area contributed by atoms with E-state index in [9.17, 15) is 9.59 Å². The highest BCUT2D eigenvalue weighted by Gasteiger charge is 2.31. The molecule has 0 saturated heterocycles. The molecular formula is C9H16N4O2. The molecule has 0 saturated carbocycles. The number of amides is 3. The molecular weight excluding hydrogens is 196 g/mol. The van der Waals surface area contributed by atoms with Gasteiger partial charge in [-0.05, 0) is 6.92 Å². The first-order chi connectivity index (χ1) is 6.86. The zero-order chi connectivity index (χ0) is 11.7. The van der Waals surface area contributed by atoms with Gasteiger partial charge in [0.2, 0.25) is 5.96 Å². The van der Waals surface area contributed by atoms with Crippen molar-refractivity contribution in [2.45, 2.75) is 13.0 Å². The third kappa shape index (κ3) is 1.93. The summed E-state index contributed by atoms with van der Waals surface area (Å²) in [6.07, 6.45) is 0. The van der Waals surface area contributed by atoms with Crippen molar-refractivity contribution in [2.24, 2.45) is 4.99 Å². The van der Waals surface area contributed by atoms with Gasteiger partial charge in [0.15, 0.2) is 0 Å². The van der Waals surface area contributed by atoms with E-state index in [-0.39, 0.29) is 11.9 Å². The minimum Gasteiger partial charge on any atom is -0.349 e. The fourth-order valence-corrected chi connectivity index (χ4v) is 1.42. The lowest BCUT2D eigenvalue weighted by Gasteiger charge is -2.24. The molecule has 0 radical (unpaired) electrons. The van der Waals surface area contributed by atoms with Gasteiger partial charge in [0.25, 0.3) is 5.91 Å². The van der Waals surface area contributed by atoms with Crippen LogP contribution in [-0.4, -0.2) is 66.8 Å². The first-order valence-corrected chi connectivity index (χ1v) is 4.66. The summed E-state index contributed by atoms with van der Waals surface area (Å²) in [7, 11) is 6.63. The Hall–Kier alpha value is -1.59. The molecule has 0 bridgehead atoms. The van der Waals surface area contributed by atoms with E-state index in [1.165, 1.54) is 11.9 Å². The maximum Gasteiger partial charge on any atom is 0.333 e. The van der Waals surface area contributed by atoms with Crippen LogP contribution in [0.2, 0.25) is 0 Å². The Kier molecular flexibility index (Phi) is 2.97. The second-order valence-corrected chi connectivity index (χ2v) is 3.74. The minimum absolute atomic E-state index is 0.288. The summed E-state index contributed by atoms with van der Waals surface area (Å²) in [4.78, 5) is 31.7. The van der Waals surface area contributed by atoms with E-state index in [4.69, 9.17) is 0 Å². The SMILES string of the molecule is CC1N=C(N(C)C)N(C)C(=O)N(C)C1=O. The molecule has 1 heterocycles. The van der Waals surface area contributed by atoms with Gasteiger partial charge in [0, 0.05) is 28.2 Å². The molecule has 3 amide bonds. The van der Waals surface area contributed by atoms with Crippen molar-refractivity contribution < 1.29 is 9.59 Å². The second kappa shape index (κ2) is 3.88. The van der Waals surface area contributed by atoms with Crippen LogP contribution in [-0.2, 0) is 4.79 Å². The monoisotopic (exact) mass is 212 g/mol. The van der Waals surface area contributed by atoms with Crippen LogP contribution in [0, 0.1) is 0 Å². The van der Waals surface area contributed by atoms with Crippen LogP contribution >= 0.6 is 0 Å². The third-order valence-corrected chi connectivity index (χ3v) is 2.27. The van der Waals surface area contributed by atoms with Gasteiger partial charge in [-0.2, -0.15) is 0 Å². The average Bonchev–Trinajstić information content (AvgIpc) is 2.25. The van der Waals surface area contributed by atoms with Gasteiger partial charge in [0.1, 0.15) is 6.04 Å². The average molecular weight is 212 g/mol. The van der Waals surface area contributed by atoms with E-state index in [1.54, 1.807) is 33.0 Å². The number of guanidine groups is 1. The number of imide groups is 1. The Bertz CT molecular complexity index is 324. The quantitative estimate of drug-likeness (QED) is 0.559. The van der Waals surface area contributed by atoms with E-state index in [2.05, 4.69) is 4.99 Å². The number of hydrogen-bond acceptors (Lipinski definition) is 4. The van der Waals surface area contributed by atoms with Crippen molar-refractivity contribution in [3.63, 3.8) is 0 Å². The van der Waals surface area contributed by atoms with Gasteiger partial charge in [-0.3, -0.25) is 14.6 Å². The second-order valence-electron chi connectivity index (χ2n) is 3.74. The zero-order valence-corrected chi connectivity index (χ0v) is 9.68. The van der Waals surface area contributed by atoms with Gasteiger partial charge < -0.3 is 4.90 Å². The van der Waals surface area contributed by atoms with E-state index in [0.717, 1.165) is 4.90 Å². The van der Waals surface area contributed by atoms with Crippen molar-refractivity contribution in [1.29, 1.82) is 0 Å². The summed E-state index contributed by atoms with van der Waals surface area (Å²) in [5.74, 6) is 0.203. The predicted octanol–water partition coefficient (Wildman–Crippen LogP) is -0.184. The lowest BCUT2D eigenvalue weighted by Crippen LogP contribution is -2.46. The van der Waals surface area contributed by atoms with Gasteiger partial charge in [-0.1, -0.05) is 0 Å². The summed E-state index contributed by atoms with van der Waals surface area (Å²) in [6, 6.07) is -0.891. The highest BCUT2D eigenvalue weighted by Crippen LogP contribution is 2.09. The van der Waals surface area contributed by atoms with E-state index in [0.29, 0.717) is 5.96 Å². The molecule has 0 aromatic rings. The summed E-state index contributed by atoms with van der Waals surface area (Å²) in [5.41, 5.74) is 0. The molecule has 1 unspecified atom stereocenters. The lowest BCUT2D eigenvalue weighted by atomic mass is 10.3. The Morgan fingerprint density at radius 2 is 1.73 bits per heavy atom. The van der Waals surface area contributed by atoms with E-state index < -0.39 is 6.04 Å². The molecule has 1 aliphatic rings. The minimum atomic E-state index is -0.527. The topological polar surface area (TPSA) is 56.2 Å². The molecule has 1 rings (SSSR count). The van der Waals surface area contributed by atoms with Crippen molar-refractivity contribution in [2.75, 3.05) is 28.2 Å². The van der Waals surface area contributed by atoms with Gasteiger partial charge >= 0.3 is 6.03 Å². The molecule has 0 spiro atoms. The summed E-state index contributed by atoms with van der Waals surface area (Å²) >= 11 is 0. The molecule has 15 heavy (non-hydrogen) atoms. The van der Waals surface area contributed by atoms with Gasteiger partial charge in [-0.25, -0.2) is 9.79 Å². The molecule has 0 N–H and O–H groups in total. The molecule has 84 valence electrons. The van der Waals surface area contributed by atoms with Crippen LogP contribution < -0.4 is 0 Å². The first kappa shape index (κ1) is 11.5. The standard InChI is InChI=1S/C9H16N4O2/c1-6-7(14)12(4)9(15)13(5)8(10-6)11(2)3/h6H,1-5H3. The molecule has 1 aliphatic heterocycles. The largest absolute Gasteiger partial charge is 0.349 e. The smallest absolute Gasteiger partial charge is 0.333 e. The van der Waals surface area contributed by atoms with Gasteiger partial charge in [-0.15, -0.1) is 0 Å². The Balaban J connectivity index is 3.14. The molecule has 6 heteroatoms. The number of carbonyl (C=O) groups is 2. The van der Waals surface area contributed by atoms with E-state index in [1.807, 2.05) is 0 Å². The van der Waals surface area contributed by atoms with Crippen LogP contribution in [0.1, 0.15) is 6.92 Å². The van der Waals surface area contributed by atoms with Crippen LogP contribution in [0.5, 0.6) is 0 Å². The fraction of sp³-hybridized carbons (Fsp3) is 0.667. The Morgan fingerprint density at radius 3 is 2.20 bits per heavy atom. The maximum absolute atomic E-state index is 11.7. The zero-order valence-electron chi connectivity index (χ0n) is 9.68. The van der Waals surface area contributed by atoms with Crippen LogP contribution in [0.3, 0.4) is 0 Å². The summed E-state index contributed by atoms with van der Waals surface area (Å²) in [6.45, 7) is 1.68. The number of rotatable bonds is 0. The molecule has 0 aliphatic carbocycles. The molecule has 1 atom stereocenters. The maximum atomic E-state index is 11.7. The summed E-state index contributed by atoms with van der Waals surface area (Å²) < 4.78 is 0. The van der Waals surface area contributed by atoms with Crippen molar-refractivity contribution >= 4 is 17.9 Å². The molecule has 0 aromatic carbocycles. The highest BCUT2D eigenvalue weighted by molar-refractivity contribution is 6.06. The number of carbonyl (C=O) groups excluding carboxylic acids is 2. The molecule has 0 fully saturated rings. The van der Waals surface area contributed by atoms with Crippen molar-refractivity contribution in [1.82, 2.24) is 14.7 Å². The molecule has 0 aromatic heterocycles. The van der Waals surface area contributed by atoms with Crippen LogP contribution in [0.4, 0.5) is 4.79 Å². The molecule has 6 nitrogen and oxygen atoms in total. The van der Waals surface area contributed by atoms with Gasteiger partial charge in [0.05, 0.1) is 0 Å². The normalized spacial score (nSPS) is 22.7. The Morgan fingerprint density at radius 1 is 1.20 bits per heavy atom. The summed E-state index contributed by atoms with van der Waals surface area (Å²) in [5, 5.41) is 0. The fourth-order valence-electron chi connectivity index (χ4n) is 1.42.